The zero-order valence-corrected chi connectivity index (χ0v) is 12.2. The Kier molecular flexibility index (Phi) is 3.82. The maximum absolute atomic E-state index is 11.7. The van der Waals surface area contributed by atoms with Gasteiger partial charge in [0, 0.05) is 16.3 Å². The van der Waals surface area contributed by atoms with Crippen LogP contribution in [0.1, 0.15) is 26.5 Å². The van der Waals surface area contributed by atoms with Gasteiger partial charge in [0.1, 0.15) is 10.6 Å². The molecular weight excluding hydrogens is 266 g/mol. The number of rotatable bonds is 3. The number of nitrogens with zero attached hydrogens (tertiary/aromatic N) is 1. The summed E-state index contributed by atoms with van der Waals surface area (Å²) in [5.74, 6) is -0.232. The molecule has 0 radical (unpaired) electrons. The van der Waals surface area contributed by atoms with Crippen LogP contribution in [-0.4, -0.2) is 16.6 Å². The van der Waals surface area contributed by atoms with Crippen LogP contribution in [0.25, 0.3) is 10.6 Å². The molecule has 0 spiro atoms. The van der Waals surface area contributed by atoms with Crippen LogP contribution in [0.2, 0.25) is 0 Å². The fraction of sp³-hybridized carbons (Fsp3) is 0.385. The van der Waals surface area contributed by atoms with Gasteiger partial charge in [0.15, 0.2) is 0 Å². The quantitative estimate of drug-likeness (QED) is 0.804. The first kappa shape index (κ1) is 13.2. The zero-order valence-electron chi connectivity index (χ0n) is 10.6. The zero-order chi connectivity index (χ0) is 13.2. The molecule has 0 aliphatic heterocycles. The van der Waals surface area contributed by atoms with Crippen molar-refractivity contribution in [2.45, 2.75) is 32.8 Å². The lowest BCUT2D eigenvalue weighted by molar-refractivity contribution is -0.153. The van der Waals surface area contributed by atoms with Crippen molar-refractivity contribution in [3.8, 4) is 10.6 Å². The standard InChI is InChI=1S/C13H15NO2S2/c1-13(2,3)16-11(15)6-10-8-18-12(14-10)9-4-5-17-7-9/h4-5,7-8H,6H2,1-3H3. The number of thiazole rings is 1. The second-order valence-electron chi connectivity index (χ2n) is 4.92. The highest BCUT2D eigenvalue weighted by Gasteiger charge is 2.17. The smallest absolute Gasteiger partial charge is 0.312 e. The van der Waals surface area contributed by atoms with Crippen LogP contribution in [0.4, 0.5) is 0 Å². The number of aromatic nitrogens is 1. The predicted octanol–water partition coefficient (Wildman–Crippen LogP) is 3.76. The highest BCUT2D eigenvalue weighted by atomic mass is 32.1. The third-order valence-electron chi connectivity index (χ3n) is 2.07. The highest BCUT2D eigenvalue weighted by Crippen LogP contribution is 2.26. The summed E-state index contributed by atoms with van der Waals surface area (Å²) in [4.78, 5) is 16.1. The van der Waals surface area contributed by atoms with Gasteiger partial charge in [-0.15, -0.1) is 11.3 Å². The maximum atomic E-state index is 11.7. The Labute approximate surface area is 114 Å². The van der Waals surface area contributed by atoms with Crippen molar-refractivity contribution >= 4 is 28.6 Å². The molecule has 2 aromatic rings. The minimum absolute atomic E-state index is 0.232. The molecule has 3 nitrogen and oxygen atoms in total. The second kappa shape index (κ2) is 5.20. The molecule has 0 atom stereocenters. The molecule has 0 saturated heterocycles. The third kappa shape index (κ3) is 3.65. The molecule has 0 aliphatic rings. The first-order chi connectivity index (χ1) is 8.44. The van der Waals surface area contributed by atoms with Crippen LogP contribution in [0.5, 0.6) is 0 Å². The van der Waals surface area contributed by atoms with Gasteiger partial charge in [-0.2, -0.15) is 11.3 Å². The molecule has 2 aromatic heterocycles. The summed E-state index contributed by atoms with van der Waals surface area (Å²) in [5, 5.41) is 6.94. The molecule has 0 saturated carbocycles. The molecule has 0 N–H and O–H groups in total. The lowest BCUT2D eigenvalue weighted by atomic mass is 10.2. The van der Waals surface area contributed by atoms with Gasteiger partial charge < -0.3 is 4.74 Å². The highest BCUT2D eigenvalue weighted by molar-refractivity contribution is 7.14. The van der Waals surface area contributed by atoms with Crippen LogP contribution in [0.15, 0.2) is 22.2 Å². The lowest BCUT2D eigenvalue weighted by Gasteiger charge is -2.18. The van der Waals surface area contributed by atoms with E-state index in [-0.39, 0.29) is 12.4 Å². The minimum Gasteiger partial charge on any atom is -0.460 e. The lowest BCUT2D eigenvalue weighted by Crippen LogP contribution is -2.24. The Morgan fingerprint density at radius 2 is 2.17 bits per heavy atom. The number of hydrogen-bond donors (Lipinski definition) is 0. The van der Waals surface area contributed by atoms with Gasteiger partial charge >= 0.3 is 5.97 Å². The summed E-state index contributed by atoms with van der Waals surface area (Å²) in [6.45, 7) is 5.59. The molecule has 96 valence electrons. The molecule has 0 unspecified atom stereocenters. The Morgan fingerprint density at radius 1 is 1.39 bits per heavy atom. The normalized spacial score (nSPS) is 11.5. The van der Waals surface area contributed by atoms with E-state index in [1.807, 2.05) is 37.6 Å². The Balaban J connectivity index is 2.01. The van der Waals surface area contributed by atoms with E-state index in [1.54, 1.807) is 22.7 Å². The van der Waals surface area contributed by atoms with Crippen molar-refractivity contribution in [2.24, 2.45) is 0 Å². The van der Waals surface area contributed by atoms with Gasteiger partial charge in [-0.25, -0.2) is 4.98 Å². The molecular formula is C13H15NO2S2. The summed E-state index contributed by atoms with van der Waals surface area (Å²) in [6.07, 6.45) is 0.234. The number of ether oxygens (including phenoxy) is 1. The average Bonchev–Trinajstić information content (AvgIpc) is 2.82. The topological polar surface area (TPSA) is 39.2 Å². The first-order valence-electron chi connectivity index (χ1n) is 5.63. The van der Waals surface area contributed by atoms with Crippen molar-refractivity contribution in [2.75, 3.05) is 0 Å². The van der Waals surface area contributed by atoms with E-state index in [0.29, 0.717) is 0 Å². The maximum Gasteiger partial charge on any atom is 0.312 e. The van der Waals surface area contributed by atoms with Crippen LogP contribution in [-0.2, 0) is 16.0 Å². The molecule has 0 amide bonds. The summed E-state index contributed by atoms with van der Waals surface area (Å²) in [5.41, 5.74) is 1.44. The summed E-state index contributed by atoms with van der Waals surface area (Å²) in [6, 6.07) is 2.03. The molecule has 0 aliphatic carbocycles. The van der Waals surface area contributed by atoms with Gasteiger partial charge in [0.25, 0.3) is 0 Å². The van der Waals surface area contributed by atoms with E-state index >= 15 is 0 Å². The number of hydrogen-bond acceptors (Lipinski definition) is 5. The molecule has 2 heterocycles. The average molecular weight is 281 g/mol. The molecule has 5 heteroatoms. The van der Waals surface area contributed by atoms with Gasteiger partial charge in [0.05, 0.1) is 12.1 Å². The number of esters is 1. The number of thiophene rings is 1. The van der Waals surface area contributed by atoms with E-state index in [9.17, 15) is 4.79 Å². The van der Waals surface area contributed by atoms with Crippen LogP contribution < -0.4 is 0 Å². The van der Waals surface area contributed by atoms with Gasteiger partial charge in [-0.1, -0.05) is 0 Å². The van der Waals surface area contributed by atoms with E-state index in [0.717, 1.165) is 16.3 Å². The molecule has 0 bridgehead atoms. The molecule has 2 rings (SSSR count). The van der Waals surface area contributed by atoms with Gasteiger partial charge in [-0.3, -0.25) is 4.79 Å². The Morgan fingerprint density at radius 3 is 2.78 bits per heavy atom. The van der Waals surface area contributed by atoms with Crippen LogP contribution >= 0.6 is 22.7 Å². The molecule has 0 fully saturated rings. The monoisotopic (exact) mass is 281 g/mol. The van der Waals surface area contributed by atoms with Crippen molar-refractivity contribution in [1.29, 1.82) is 0 Å². The van der Waals surface area contributed by atoms with Gasteiger partial charge in [-0.05, 0) is 32.2 Å². The SMILES string of the molecule is CC(C)(C)OC(=O)Cc1csc(-c2ccsc2)n1. The number of carbonyl (C=O) groups excluding carboxylic acids is 1. The third-order valence-corrected chi connectivity index (χ3v) is 3.69. The van der Waals surface area contributed by atoms with Crippen molar-refractivity contribution < 1.29 is 9.53 Å². The minimum atomic E-state index is -0.441. The Bertz CT molecular complexity index is 523. The van der Waals surface area contributed by atoms with E-state index < -0.39 is 5.60 Å². The second-order valence-corrected chi connectivity index (χ2v) is 6.56. The summed E-state index contributed by atoms with van der Waals surface area (Å²) >= 11 is 3.20. The fourth-order valence-electron chi connectivity index (χ4n) is 1.43. The number of carbonyl (C=O) groups is 1. The van der Waals surface area contributed by atoms with Crippen LogP contribution in [0.3, 0.4) is 0 Å². The Hall–Kier alpha value is -1.20. The molecule has 18 heavy (non-hydrogen) atoms. The van der Waals surface area contributed by atoms with Crippen molar-refractivity contribution in [3.63, 3.8) is 0 Å². The predicted molar refractivity (Wildman–Crippen MR) is 75.0 cm³/mol. The summed E-state index contributed by atoms with van der Waals surface area (Å²) < 4.78 is 5.27. The fourth-order valence-corrected chi connectivity index (χ4v) is 2.96. The molecule has 0 aromatic carbocycles. The van der Waals surface area contributed by atoms with Crippen molar-refractivity contribution in [3.05, 3.63) is 27.9 Å². The van der Waals surface area contributed by atoms with E-state index in [1.165, 1.54) is 0 Å². The first-order valence-corrected chi connectivity index (χ1v) is 7.45. The summed E-state index contributed by atoms with van der Waals surface area (Å²) in [7, 11) is 0. The van der Waals surface area contributed by atoms with Gasteiger partial charge in [0.2, 0.25) is 0 Å². The van der Waals surface area contributed by atoms with Crippen molar-refractivity contribution in [1.82, 2.24) is 4.98 Å². The largest absolute Gasteiger partial charge is 0.460 e. The van der Waals surface area contributed by atoms with Crippen LogP contribution in [0, 0.1) is 0 Å². The van der Waals surface area contributed by atoms with E-state index in [2.05, 4.69) is 10.4 Å². The van der Waals surface area contributed by atoms with E-state index in [4.69, 9.17) is 4.74 Å².